The number of nitrogens with zero attached hydrogens (tertiary/aromatic N) is 5. The van der Waals surface area contributed by atoms with Crippen molar-refractivity contribution in [2.75, 3.05) is 38.6 Å². The zero-order chi connectivity index (χ0) is 16.8. The van der Waals surface area contributed by atoms with Gasteiger partial charge in [0.15, 0.2) is 11.0 Å². The minimum absolute atomic E-state index is 0.280. The number of ether oxygens (including phenoxy) is 1. The fourth-order valence-electron chi connectivity index (χ4n) is 2.57. The van der Waals surface area contributed by atoms with Crippen LogP contribution >= 0.6 is 11.8 Å². The van der Waals surface area contributed by atoms with Crippen LogP contribution in [-0.4, -0.2) is 58.3 Å². The Bertz CT molecular complexity index is 706. The second kappa shape index (κ2) is 8.24. The van der Waals surface area contributed by atoms with E-state index in [1.165, 1.54) is 23.9 Å². The minimum Gasteiger partial charge on any atom is -0.379 e. The highest BCUT2D eigenvalue weighted by Gasteiger charge is 2.16. The molecule has 0 saturated carbocycles. The minimum atomic E-state index is -0.280. The summed E-state index contributed by atoms with van der Waals surface area (Å²) in [5.74, 6) is 0.736. The maximum atomic E-state index is 13.2. The molecule has 0 aliphatic carbocycles. The van der Waals surface area contributed by atoms with Gasteiger partial charge in [0, 0.05) is 31.7 Å². The zero-order valence-electron chi connectivity index (χ0n) is 13.2. The van der Waals surface area contributed by atoms with Gasteiger partial charge in [-0.25, -0.2) is 4.39 Å². The molecule has 0 N–H and O–H groups in total. The average Bonchev–Trinajstić information content (AvgIpc) is 3.02. The molecule has 1 aliphatic rings. The van der Waals surface area contributed by atoms with E-state index in [4.69, 9.17) is 10.00 Å². The van der Waals surface area contributed by atoms with Gasteiger partial charge in [-0.05, 0) is 24.3 Å². The van der Waals surface area contributed by atoms with Crippen molar-refractivity contribution >= 4 is 11.8 Å². The number of nitriles is 1. The second-order valence-corrected chi connectivity index (χ2v) is 6.31. The van der Waals surface area contributed by atoms with Crippen molar-refractivity contribution < 1.29 is 9.13 Å². The van der Waals surface area contributed by atoms with Crippen molar-refractivity contribution in [3.05, 3.63) is 30.1 Å². The van der Waals surface area contributed by atoms with Gasteiger partial charge in [-0.1, -0.05) is 11.8 Å². The van der Waals surface area contributed by atoms with Crippen LogP contribution in [-0.2, 0) is 11.3 Å². The Labute approximate surface area is 144 Å². The molecule has 6 nitrogen and oxygen atoms in total. The van der Waals surface area contributed by atoms with Crippen molar-refractivity contribution in [3.8, 4) is 17.5 Å². The highest BCUT2D eigenvalue weighted by molar-refractivity contribution is 7.99. The third-order valence-corrected chi connectivity index (χ3v) is 4.66. The summed E-state index contributed by atoms with van der Waals surface area (Å²) in [7, 11) is 0. The molecular formula is C16H18FN5OS. The van der Waals surface area contributed by atoms with Gasteiger partial charge in [0.05, 0.1) is 25.0 Å². The summed E-state index contributed by atoms with van der Waals surface area (Å²) in [4.78, 5) is 2.33. The third kappa shape index (κ3) is 4.12. The van der Waals surface area contributed by atoms with Crippen LogP contribution in [0.2, 0.25) is 0 Å². The number of hydrogen-bond acceptors (Lipinski definition) is 6. The molecule has 0 unspecified atom stereocenters. The van der Waals surface area contributed by atoms with Crippen LogP contribution < -0.4 is 0 Å². The van der Waals surface area contributed by atoms with Crippen molar-refractivity contribution in [2.45, 2.75) is 11.7 Å². The number of halogens is 1. The summed E-state index contributed by atoms with van der Waals surface area (Å²) in [5.41, 5.74) is 0.815. The van der Waals surface area contributed by atoms with Gasteiger partial charge in [0.25, 0.3) is 0 Å². The SMILES string of the molecule is N#CCSc1nnc(-c2ccc(F)cc2)n1CCN1CCOCC1. The molecule has 24 heavy (non-hydrogen) atoms. The first kappa shape index (κ1) is 16.9. The van der Waals surface area contributed by atoms with Gasteiger partial charge in [-0.3, -0.25) is 4.90 Å². The van der Waals surface area contributed by atoms with Crippen LogP contribution in [0.5, 0.6) is 0 Å². The summed E-state index contributed by atoms with van der Waals surface area (Å²) in [6.45, 7) is 4.90. The van der Waals surface area contributed by atoms with Gasteiger partial charge in [-0.2, -0.15) is 5.26 Å². The van der Waals surface area contributed by atoms with Crippen LogP contribution in [0.1, 0.15) is 0 Å². The van der Waals surface area contributed by atoms with E-state index in [1.54, 1.807) is 12.1 Å². The lowest BCUT2D eigenvalue weighted by molar-refractivity contribution is 0.0361. The molecule has 1 fully saturated rings. The highest BCUT2D eigenvalue weighted by atomic mass is 32.2. The predicted molar refractivity (Wildman–Crippen MR) is 89.0 cm³/mol. The van der Waals surface area contributed by atoms with E-state index >= 15 is 0 Å². The number of thioether (sulfide) groups is 1. The third-order valence-electron chi connectivity index (χ3n) is 3.83. The lowest BCUT2D eigenvalue weighted by Gasteiger charge is -2.26. The molecule has 1 saturated heterocycles. The largest absolute Gasteiger partial charge is 0.379 e. The zero-order valence-corrected chi connectivity index (χ0v) is 14.0. The maximum absolute atomic E-state index is 13.2. The second-order valence-electron chi connectivity index (χ2n) is 5.37. The number of hydrogen-bond donors (Lipinski definition) is 0. The van der Waals surface area contributed by atoms with Gasteiger partial charge < -0.3 is 9.30 Å². The van der Waals surface area contributed by atoms with E-state index < -0.39 is 0 Å². The monoisotopic (exact) mass is 347 g/mol. The standard InChI is InChI=1S/C16H18FN5OS/c17-14-3-1-13(2-4-14)15-19-20-16(24-12-5-18)22(15)7-6-21-8-10-23-11-9-21/h1-4H,6-12H2. The fourth-order valence-corrected chi connectivity index (χ4v) is 3.20. The molecule has 0 bridgehead atoms. The van der Waals surface area contributed by atoms with Crippen LogP contribution in [0.25, 0.3) is 11.4 Å². The van der Waals surface area contributed by atoms with E-state index in [9.17, 15) is 4.39 Å². The summed E-state index contributed by atoms with van der Waals surface area (Å²) < 4.78 is 20.5. The number of aromatic nitrogens is 3. The Morgan fingerprint density at radius 1 is 1.17 bits per heavy atom. The van der Waals surface area contributed by atoms with Crippen LogP contribution in [0.4, 0.5) is 4.39 Å². The number of benzene rings is 1. The molecule has 1 aromatic carbocycles. The Kier molecular flexibility index (Phi) is 5.80. The molecular weight excluding hydrogens is 329 g/mol. The van der Waals surface area contributed by atoms with Crippen molar-refractivity contribution in [1.29, 1.82) is 5.26 Å². The van der Waals surface area contributed by atoms with E-state index in [-0.39, 0.29) is 5.82 Å². The Balaban J connectivity index is 1.81. The topological polar surface area (TPSA) is 67.0 Å². The molecule has 0 radical (unpaired) electrons. The summed E-state index contributed by atoms with van der Waals surface area (Å²) >= 11 is 1.36. The molecule has 2 heterocycles. The van der Waals surface area contributed by atoms with Crippen molar-refractivity contribution in [3.63, 3.8) is 0 Å². The van der Waals surface area contributed by atoms with Crippen LogP contribution in [0, 0.1) is 17.1 Å². The molecule has 3 rings (SSSR count). The number of morpholine rings is 1. The molecule has 0 spiro atoms. The van der Waals surface area contributed by atoms with Gasteiger partial charge in [0.1, 0.15) is 5.82 Å². The number of rotatable bonds is 6. The summed E-state index contributed by atoms with van der Waals surface area (Å²) in [6, 6.07) is 8.34. The van der Waals surface area contributed by atoms with E-state index in [0.717, 1.165) is 38.4 Å². The predicted octanol–water partition coefficient (Wildman–Crippen LogP) is 2.03. The van der Waals surface area contributed by atoms with Gasteiger partial charge in [-0.15, -0.1) is 10.2 Å². The first-order valence-corrected chi connectivity index (χ1v) is 8.75. The van der Waals surface area contributed by atoms with E-state index in [1.807, 2.05) is 4.57 Å². The van der Waals surface area contributed by atoms with Gasteiger partial charge >= 0.3 is 0 Å². The average molecular weight is 347 g/mol. The summed E-state index contributed by atoms with van der Waals surface area (Å²) in [5, 5.41) is 18.0. The molecule has 8 heteroatoms. The van der Waals surface area contributed by atoms with Crippen molar-refractivity contribution in [1.82, 2.24) is 19.7 Å². The Morgan fingerprint density at radius 2 is 1.92 bits per heavy atom. The quantitative estimate of drug-likeness (QED) is 0.745. The molecule has 126 valence electrons. The van der Waals surface area contributed by atoms with E-state index in [2.05, 4.69) is 21.2 Å². The smallest absolute Gasteiger partial charge is 0.192 e. The molecule has 2 aromatic rings. The van der Waals surface area contributed by atoms with E-state index in [0.29, 0.717) is 23.3 Å². The Hall–Kier alpha value is -1.95. The normalized spacial score (nSPS) is 15.3. The van der Waals surface area contributed by atoms with Crippen LogP contribution in [0.3, 0.4) is 0 Å². The summed E-state index contributed by atoms with van der Waals surface area (Å²) in [6.07, 6.45) is 0. The molecule has 1 aliphatic heterocycles. The molecule has 0 atom stereocenters. The Morgan fingerprint density at radius 3 is 2.62 bits per heavy atom. The fraction of sp³-hybridized carbons (Fsp3) is 0.438. The maximum Gasteiger partial charge on any atom is 0.192 e. The van der Waals surface area contributed by atoms with Crippen LogP contribution in [0.15, 0.2) is 29.4 Å². The first-order valence-electron chi connectivity index (χ1n) is 7.77. The molecule has 1 aromatic heterocycles. The lowest BCUT2D eigenvalue weighted by Crippen LogP contribution is -2.38. The van der Waals surface area contributed by atoms with Gasteiger partial charge in [0.2, 0.25) is 0 Å². The highest BCUT2D eigenvalue weighted by Crippen LogP contribution is 2.24. The first-order chi connectivity index (χ1) is 11.8. The lowest BCUT2D eigenvalue weighted by atomic mass is 10.2. The molecule has 0 amide bonds. The van der Waals surface area contributed by atoms with Crippen molar-refractivity contribution in [2.24, 2.45) is 0 Å².